The van der Waals surface area contributed by atoms with Gasteiger partial charge >= 0.3 is 0 Å². The molecule has 0 spiro atoms. The second kappa shape index (κ2) is 7.66. The van der Waals surface area contributed by atoms with Gasteiger partial charge in [0, 0.05) is 32.7 Å². The van der Waals surface area contributed by atoms with Crippen molar-refractivity contribution in [3.63, 3.8) is 0 Å². The Labute approximate surface area is 148 Å². The van der Waals surface area contributed by atoms with Crippen molar-refractivity contribution in [3.8, 4) is 0 Å². The number of carbonyl (C=O) groups is 2. The second-order valence-corrected chi connectivity index (χ2v) is 7.92. The van der Waals surface area contributed by atoms with Crippen molar-refractivity contribution in [2.75, 3.05) is 46.3 Å². The molecule has 6 heteroatoms. The van der Waals surface area contributed by atoms with Gasteiger partial charge in [0.15, 0.2) is 0 Å². The summed E-state index contributed by atoms with van der Waals surface area (Å²) < 4.78 is 0. The molecule has 132 valence electrons. The van der Waals surface area contributed by atoms with Gasteiger partial charge in [-0.15, -0.1) is 11.3 Å². The fourth-order valence-corrected chi connectivity index (χ4v) is 4.59. The molecule has 2 aliphatic heterocycles. The Kier molecular flexibility index (Phi) is 5.56. The van der Waals surface area contributed by atoms with Crippen molar-refractivity contribution in [1.29, 1.82) is 0 Å². The Morgan fingerprint density at radius 1 is 1.08 bits per heavy atom. The maximum atomic E-state index is 12.8. The number of hydrogen-bond acceptors (Lipinski definition) is 4. The van der Waals surface area contributed by atoms with E-state index in [1.54, 1.807) is 0 Å². The number of hydrogen-bond donors (Lipinski definition) is 0. The van der Waals surface area contributed by atoms with E-state index in [1.165, 1.54) is 11.3 Å². The van der Waals surface area contributed by atoms with E-state index in [-0.39, 0.29) is 17.7 Å². The van der Waals surface area contributed by atoms with Crippen LogP contribution in [0.1, 0.15) is 34.5 Å². The summed E-state index contributed by atoms with van der Waals surface area (Å²) in [7, 11) is 2.09. The normalized spacial score (nSPS) is 23.2. The number of aryl methyl sites for hydroxylation is 1. The topological polar surface area (TPSA) is 43.9 Å². The van der Waals surface area contributed by atoms with E-state index >= 15 is 0 Å². The molecule has 3 heterocycles. The van der Waals surface area contributed by atoms with E-state index in [2.05, 4.69) is 11.9 Å². The fraction of sp³-hybridized carbons (Fsp3) is 0.667. The van der Waals surface area contributed by atoms with Crippen LogP contribution in [0, 0.1) is 12.8 Å². The summed E-state index contributed by atoms with van der Waals surface area (Å²) in [6.45, 7) is 6.76. The Hall–Kier alpha value is -1.40. The summed E-state index contributed by atoms with van der Waals surface area (Å²) in [6.07, 6.45) is 2.96. The average molecular weight is 350 g/mol. The lowest BCUT2D eigenvalue weighted by atomic mass is 9.97. The van der Waals surface area contributed by atoms with E-state index in [0.717, 1.165) is 55.9 Å². The molecule has 24 heavy (non-hydrogen) atoms. The van der Waals surface area contributed by atoms with Crippen LogP contribution in [0.25, 0.3) is 0 Å². The first kappa shape index (κ1) is 17.4. The molecule has 0 aromatic carbocycles. The molecule has 2 aliphatic rings. The average Bonchev–Trinajstić information content (AvgIpc) is 2.85. The maximum Gasteiger partial charge on any atom is 0.264 e. The third-order valence-corrected chi connectivity index (χ3v) is 6.13. The Morgan fingerprint density at radius 3 is 2.54 bits per heavy atom. The van der Waals surface area contributed by atoms with Gasteiger partial charge in [-0.05, 0) is 56.8 Å². The molecule has 5 nitrogen and oxygen atoms in total. The molecule has 0 radical (unpaired) electrons. The zero-order valence-corrected chi connectivity index (χ0v) is 15.5. The number of likely N-dealkylation sites (tertiary alicyclic amines) is 1. The van der Waals surface area contributed by atoms with Crippen LogP contribution in [-0.2, 0) is 4.79 Å². The van der Waals surface area contributed by atoms with Gasteiger partial charge < -0.3 is 14.7 Å². The van der Waals surface area contributed by atoms with Crippen molar-refractivity contribution >= 4 is 23.2 Å². The van der Waals surface area contributed by atoms with Crippen molar-refractivity contribution < 1.29 is 9.59 Å². The van der Waals surface area contributed by atoms with E-state index in [1.807, 2.05) is 28.2 Å². The lowest BCUT2D eigenvalue weighted by Crippen LogP contribution is -2.45. The molecule has 2 fully saturated rings. The maximum absolute atomic E-state index is 12.8. The monoisotopic (exact) mass is 349 g/mol. The molecular weight excluding hydrogens is 322 g/mol. The van der Waals surface area contributed by atoms with Gasteiger partial charge in [-0.25, -0.2) is 0 Å². The number of nitrogens with zero attached hydrogens (tertiary/aromatic N) is 3. The van der Waals surface area contributed by atoms with E-state index in [0.29, 0.717) is 13.1 Å². The molecule has 2 amide bonds. The molecule has 1 aromatic rings. The summed E-state index contributed by atoms with van der Waals surface area (Å²) in [5, 5.41) is 1.97. The quantitative estimate of drug-likeness (QED) is 0.821. The number of rotatable bonds is 2. The first-order valence-corrected chi connectivity index (χ1v) is 9.75. The number of carbonyl (C=O) groups excluding carboxylic acids is 2. The summed E-state index contributed by atoms with van der Waals surface area (Å²) >= 11 is 1.51. The van der Waals surface area contributed by atoms with E-state index in [4.69, 9.17) is 0 Å². The molecular formula is C18H27N3O2S. The van der Waals surface area contributed by atoms with Gasteiger partial charge in [0.1, 0.15) is 0 Å². The van der Waals surface area contributed by atoms with E-state index < -0.39 is 0 Å². The minimum atomic E-state index is 0.120. The van der Waals surface area contributed by atoms with Crippen LogP contribution in [0.15, 0.2) is 11.4 Å². The zero-order valence-electron chi connectivity index (χ0n) is 14.7. The minimum Gasteiger partial charge on any atom is -0.341 e. The predicted octanol–water partition coefficient (Wildman–Crippen LogP) is 2.07. The molecule has 0 aliphatic carbocycles. The van der Waals surface area contributed by atoms with Gasteiger partial charge in [-0.1, -0.05) is 0 Å². The molecule has 0 bridgehead atoms. The molecule has 1 aromatic heterocycles. The lowest BCUT2D eigenvalue weighted by molar-refractivity contribution is -0.137. The van der Waals surface area contributed by atoms with Crippen LogP contribution in [0.5, 0.6) is 0 Å². The number of piperidine rings is 1. The Balaban J connectivity index is 1.59. The Bertz CT molecular complexity index is 601. The molecule has 3 rings (SSSR count). The van der Waals surface area contributed by atoms with Gasteiger partial charge in [0.2, 0.25) is 5.91 Å². The number of amides is 2. The molecule has 0 N–H and O–H groups in total. The largest absolute Gasteiger partial charge is 0.341 e. The third-order valence-electron chi connectivity index (χ3n) is 5.12. The lowest BCUT2D eigenvalue weighted by Gasteiger charge is -2.32. The van der Waals surface area contributed by atoms with Crippen LogP contribution in [-0.4, -0.2) is 72.8 Å². The minimum absolute atomic E-state index is 0.120. The summed E-state index contributed by atoms with van der Waals surface area (Å²) in [6, 6.07) is 1.99. The summed E-state index contributed by atoms with van der Waals surface area (Å²) in [5.74, 6) is 0.530. The highest BCUT2D eigenvalue weighted by atomic mass is 32.1. The smallest absolute Gasteiger partial charge is 0.264 e. The first-order chi connectivity index (χ1) is 11.6. The van der Waals surface area contributed by atoms with Crippen LogP contribution in [0.2, 0.25) is 0 Å². The highest BCUT2D eigenvalue weighted by Crippen LogP contribution is 2.21. The van der Waals surface area contributed by atoms with Crippen LogP contribution in [0.4, 0.5) is 0 Å². The standard InChI is InChI=1S/C18H27N3O2S/c1-14-6-12-24-16(14)18(23)21-9-4-8-20(10-11-21)17(22)15-5-3-7-19(2)13-15/h6,12,15H,3-5,7-11,13H2,1-2H3. The molecule has 0 saturated carbocycles. The fourth-order valence-electron chi connectivity index (χ4n) is 3.70. The Morgan fingerprint density at radius 2 is 1.83 bits per heavy atom. The molecule has 1 atom stereocenters. The van der Waals surface area contributed by atoms with Crippen molar-refractivity contribution in [2.45, 2.75) is 26.2 Å². The highest BCUT2D eigenvalue weighted by molar-refractivity contribution is 7.12. The summed E-state index contributed by atoms with van der Waals surface area (Å²) in [4.78, 5) is 32.5. The van der Waals surface area contributed by atoms with Crippen LogP contribution < -0.4 is 0 Å². The van der Waals surface area contributed by atoms with E-state index in [9.17, 15) is 9.59 Å². The first-order valence-electron chi connectivity index (χ1n) is 8.87. The second-order valence-electron chi connectivity index (χ2n) is 7.01. The van der Waals surface area contributed by atoms with Crippen LogP contribution in [0.3, 0.4) is 0 Å². The van der Waals surface area contributed by atoms with Gasteiger partial charge in [-0.3, -0.25) is 9.59 Å². The zero-order chi connectivity index (χ0) is 17.1. The molecule has 1 unspecified atom stereocenters. The third kappa shape index (κ3) is 3.81. The predicted molar refractivity (Wildman–Crippen MR) is 96.4 cm³/mol. The van der Waals surface area contributed by atoms with Gasteiger partial charge in [0.25, 0.3) is 5.91 Å². The van der Waals surface area contributed by atoms with Gasteiger partial charge in [-0.2, -0.15) is 0 Å². The SMILES string of the molecule is Cc1ccsc1C(=O)N1CCCN(C(=O)C2CCCN(C)C2)CC1. The van der Waals surface area contributed by atoms with Crippen molar-refractivity contribution in [2.24, 2.45) is 5.92 Å². The van der Waals surface area contributed by atoms with Crippen molar-refractivity contribution in [1.82, 2.24) is 14.7 Å². The number of thiophene rings is 1. The highest BCUT2D eigenvalue weighted by Gasteiger charge is 2.30. The van der Waals surface area contributed by atoms with Crippen LogP contribution >= 0.6 is 11.3 Å². The summed E-state index contributed by atoms with van der Waals surface area (Å²) in [5.41, 5.74) is 1.05. The molecule has 2 saturated heterocycles. The van der Waals surface area contributed by atoms with Gasteiger partial charge in [0.05, 0.1) is 10.8 Å². The van der Waals surface area contributed by atoms with Crippen molar-refractivity contribution in [3.05, 3.63) is 21.9 Å².